The molecule has 65 heavy (non-hydrogen) atoms. The van der Waals surface area contributed by atoms with Crippen LogP contribution in [0.3, 0.4) is 0 Å². The van der Waals surface area contributed by atoms with Crippen molar-refractivity contribution >= 4 is 52.5 Å². The fraction of sp³-hybridized carbons (Fsp3) is 0.392. The van der Waals surface area contributed by atoms with Gasteiger partial charge in [0.15, 0.2) is 23.1 Å². The van der Waals surface area contributed by atoms with Gasteiger partial charge in [0.2, 0.25) is 17.7 Å². The Morgan fingerprint density at radius 1 is 0.862 bits per heavy atom. The van der Waals surface area contributed by atoms with E-state index in [-0.39, 0.29) is 65.8 Å². The molecule has 14 heteroatoms. The van der Waals surface area contributed by atoms with Crippen LogP contribution in [0.2, 0.25) is 5.02 Å². The van der Waals surface area contributed by atoms with Gasteiger partial charge in [0.05, 0.1) is 12.1 Å². The van der Waals surface area contributed by atoms with Crippen LogP contribution in [-0.4, -0.2) is 93.1 Å². The van der Waals surface area contributed by atoms with Gasteiger partial charge in [-0.3, -0.25) is 33.6 Å². The fourth-order valence-electron chi connectivity index (χ4n) is 8.78. The minimum atomic E-state index is -1.29. The first-order valence-corrected chi connectivity index (χ1v) is 22.5. The standard InChI is InChI=1S/C51H57ClN4O9/c1-29-23-47(62)48(55(4)51(65)37(7-5-6-21-53)28-45(60)35-11-9-33(10-12-35)34-13-16-38(52)17-14-34)36-15-19-44(59)40(27-36)39-25-32(8-18-43(39)58)26-41(54-49(29)63)46(61)24-30(2)50(64)56-22-20-42(56)31(3)57/h8-19,25,27,29-30,37,41-42,48,58-59H,5-7,20-24,26,28,53H2,1-4H3,(H,54,63)/t29-,30-,37-,41+,42+,48+/m1/s1. The maximum atomic E-state index is 14.7. The van der Waals surface area contributed by atoms with E-state index in [9.17, 15) is 43.8 Å². The van der Waals surface area contributed by atoms with Crippen molar-refractivity contribution in [2.45, 2.75) is 90.3 Å². The quantitative estimate of drug-likeness (QED) is 0.0709. The monoisotopic (exact) mass is 904 g/mol. The Labute approximate surface area is 384 Å². The third-order valence-electron chi connectivity index (χ3n) is 12.7. The van der Waals surface area contributed by atoms with Gasteiger partial charge in [-0.05, 0) is 97.8 Å². The Morgan fingerprint density at radius 3 is 2.11 bits per heavy atom. The number of amides is 3. The van der Waals surface area contributed by atoms with Crippen molar-refractivity contribution in [3.05, 3.63) is 107 Å². The van der Waals surface area contributed by atoms with Crippen LogP contribution in [0.1, 0.15) is 93.2 Å². The number of phenolic OH excluding ortho intramolecular Hbond substituents is 2. The average molecular weight is 905 g/mol. The molecule has 1 saturated heterocycles. The first-order chi connectivity index (χ1) is 31.0. The second-order valence-corrected chi connectivity index (χ2v) is 18.0. The van der Waals surface area contributed by atoms with Crippen molar-refractivity contribution in [3.63, 3.8) is 0 Å². The maximum Gasteiger partial charge on any atom is 0.226 e. The van der Waals surface area contributed by atoms with Crippen molar-refractivity contribution in [1.29, 1.82) is 0 Å². The third-order valence-corrected chi connectivity index (χ3v) is 13.0. The molecule has 6 rings (SSSR count). The Hall–Kier alpha value is -6.18. The zero-order valence-corrected chi connectivity index (χ0v) is 38.0. The van der Waals surface area contributed by atoms with Gasteiger partial charge in [0, 0.05) is 72.3 Å². The van der Waals surface area contributed by atoms with Gasteiger partial charge in [-0.1, -0.05) is 80.4 Å². The lowest BCUT2D eigenvalue weighted by Gasteiger charge is -2.40. The average Bonchev–Trinajstić information content (AvgIpc) is 3.26. The Bertz CT molecular complexity index is 2450. The van der Waals surface area contributed by atoms with Crippen LogP contribution in [0.5, 0.6) is 11.5 Å². The molecule has 13 nitrogen and oxygen atoms in total. The van der Waals surface area contributed by atoms with Crippen molar-refractivity contribution in [3.8, 4) is 33.8 Å². The number of carbonyl (C=O) groups is 7. The zero-order chi connectivity index (χ0) is 47.1. The molecule has 5 N–H and O–H groups in total. The number of fused-ring (bicyclic) bond motifs is 5. The molecule has 2 aliphatic rings. The van der Waals surface area contributed by atoms with E-state index < -0.39 is 59.3 Å². The van der Waals surface area contributed by atoms with E-state index >= 15 is 0 Å². The van der Waals surface area contributed by atoms with E-state index in [0.717, 1.165) is 11.1 Å². The molecule has 0 radical (unpaired) electrons. The lowest BCUT2D eigenvalue weighted by Crippen LogP contribution is -2.56. The first-order valence-electron chi connectivity index (χ1n) is 22.1. The van der Waals surface area contributed by atoms with Crippen molar-refractivity contribution in [2.75, 3.05) is 20.1 Å². The van der Waals surface area contributed by atoms with Gasteiger partial charge < -0.3 is 31.1 Å². The number of nitrogens with two attached hydrogens (primary N) is 1. The molecular weight excluding hydrogens is 848 g/mol. The topological polar surface area (TPSA) is 204 Å². The second-order valence-electron chi connectivity index (χ2n) is 17.5. The molecule has 3 amide bonds. The molecule has 342 valence electrons. The highest BCUT2D eigenvalue weighted by Crippen LogP contribution is 2.40. The predicted octanol–water partition coefficient (Wildman–Crippen LogP) is 7.02. The molecule has 1 fully saturated rings. The summed E-state index contributed by atoms with van der Waals surface area (Å²) in [4.78, 5) is 99.2. The minimum Gasteiger partial charge on any atom is -0.507 e. The summed E-state index contributed by atoms with van der Waals surface area (Å²) >= 11 is 6.06. The fourth-order valence-corrected chi connectivity index (χ4v) is 8.90. The van der Waals surface area contributed by atoms with E-state index in [2.05, 4.69) is 5.32 Å². The van der Waals surface area contributed by atoms with Gasteiger partial charge in [-0.25, -0.2) is 0 Å². The molecular formula is C51H57ClN4O9. The van der Waals surface area contributed by atoms with Crippen molar-refractivity contribution in [1.82, 2.24) is 15.1 Å². The van der Waals surface area contributed by atoms with Gasteiger partial charge >= 0.3 is 0 Å². The molecule has 4 aromatic carbocycles. The summed E-state index contributed by atoms with van der Waals surface area (Å²) in [6.45, 7) is 5.37. The van der Waals surface area contributed by atoms with Gasteiger partial charge in [-0.15, -0.1) is 0 Å². The molecule has 6 atom stereocenters. The highest BCUT2D eigenvalue weighted by Gasteiger charge is 2.39. The lowest BCUT2D eigenvalue weighted by atomic mass is 9.87. The summed E-state index contributed by atoms with van der Waals surface area (Å²) in [5.74, 6) is -5.82. The summed E-state index contributed by atoms with van der Waals surface area (Å²) in [5, 5.41) is 25.8. The Balaban J connectivity index is 1.30. The zero-order valence-electron chi connectivity index (χ0n) is 37.2. The largest absolute Gasteiger partial charge is 0.507 e. The molecule has 0 saturated carbocycles. The number of aromatic hydroxyl groups is 2. The van der Waals surface area contributed by atoms with Crippen LogP contribution in [-0.2, 0) is 35.2 Å². The number of unbranched alkanes of at least 4 members (excludes halogenated alkanes) is 1. The van der Waals surface area contributed by atoms with Gasteiger partial charge in [0.1, 0.15) is 17.5 Å². The van der Waals surface area contributed by atoms with E-state index in [1.807, 2.05) is 24.3 Å². The Kier molecular flexibility index (Phi) is 15.8. The molecule has 2 heterocycles. The van der Waals surface area contributed by atoms with E-state index in [1.165, 1.54) is 48.0 Å². The number of benzene rings is 4. The number of ketones is 4. The molecule has 4 bridgehead atoms. The summed E-state index contributed by atoms with van der Waals surface area (Å²) in [7, 11) is 1.47. The van der Waals surface area contributed by atoms with E-state index in [4.69, 9.17) is 17.3 Å². The number of likely N-dealkylation sites (tertiary alicyclic amines) is 1. The lowest BCUT2D eigenvalue weighted by molar-refractivity contribution is -0.149. The number of nitrogens with one attached hydrogen (secondary N) is 1. The molecule has 0 unspecified atom stereocenters. The number of nitrogens with zero attached hydrogens (tertiary/aromatic N) is 2. The van der Waals surface area contributed by atoms with E-state index in [1.54, 1.807) is 50.2 Å². The minimum absolute atomic E-state index is 0.0315. The first kappa shape index (κ1) is 48.3. The molecule has 0 spiro atoms. The number of halogens is 1. The smallest absolute Gasteiger partial charge is 0.226 e. The van der Waals surface area contributed by atoms with Crippen LogP contribution < -0.4 is 11.1 Å². The van der Waals surface area contributed by atoms with Crippen molar-refractivity contribution in [2.24, 2.45) is 23.5 Å². The Morgan fingerprint density at radius 2 is 1.49 bits per heavy atom. The van der Waals surface area contributed by atoms with Gasteiger partial charge in [0.25, 0.3) is 0 Å². The summed E-state index contributed by atoms with van der Waals surface area (Å²) in [6.07, 6.45) is 1.25. The van der Waals surface area contributed by atoms with Crippen LogP contribution in [0.15, 0.2) is 84.9 Å². The highest BCUT2D eigenvalue weighted by molar-refractivity contribution is 6.30. The highest BCUT2D eigenvalue weighted by atomic mass is 35.5. The van der Waals surface area contributed by atoms with Crippen molar-refractivity contribution < 1.29 is 43.8 Å². The number of hydrogen-bond donors (Lipinski definition) is 4. The van der Waals surface area contributed by atoms with E-state index in [0.29, 0.717) is 60.5 Å². The normalized spacial score (nSPS) is 19.5. The van der Waals surface area contributed by atoms with Crippen LogP contribution in [0.25, 0.3) is 22.3 Å². The summed E-state index contributed by atoms with van der Waals surface area (Å²) < 4.78 is 0. The molecule has 0 aromatic heterocycles. The summed E-state index contributed by atoms with van der Waals surface area (Å²) in [5.41, 5.74) is 9.19. The molecule has 0 aliphatic carbocycles. The predicted molar refractivity (Wildman–Crippen MR) is 247 cm³/mol. The maximum absolute atomic E-state index is 14.7. The number of rotatable bonds is 15. The van der Waals surface area contributed by atoms with Crippen LogP contribution in [0.4, 0.5) is 0 Å². The third kappa shape index (κ3) is 11.4. The molecule has 4 aromatic rings. The summed E-state index contributed by atoms with van der Waals surface area (Å²) in [6, 6.07) is 20.4. The number of phenols is 2. The van der Waals surface area contributed by atoms with Crippen LogP contribution in [0, 0.1) is 17.8 Å². The number of hydrogen-bond acceptors (Lipinski definition) is 10. The number of Topliss-reactive ketones (excluding diaryl/α,β-unsaturated/α-hetero) is 4. The van der Waals surface area contributed by atoms with Crippen LogP contribution >= 0.6 is 11.6 Å². The second kappa shape index (κ2) is 21.2. The van der Waals surface area contributed by atoms with Gasteiger partial charge in [-0.2, -0.15) is 0 Å². The number of carbonyl (C=O) groups excluding carboxylic acids is 7. The molecule has 2 aliphatic heterocycles. The SMILES string of the molecule is CC(=O)[C@@H]1CCN1C(=O)[C@H](C)CC(=O)[C@@H]1Cc2ccc(O)c(c2)-c2cc(ccc2O)[C@H](N(C)C(=O)[C@H](CCCCN)CC(=O)c2ccc(-c3ccc(Cl)cc3)cc2)C(=O)C[C@@H](C)C(=O)N1. The number of likely N-dealkylation sites (N-methyl/N-ethyl adjacent to an activating group) is 1.